The number of aromatic hydroxyl groups is 1. The van der Waals surface area contributed by atoms with E-state index in [0.717, 1.165) is 29.3 Å². The zero-order valence-electron chi connectivity index (χ0n) is 10.9. The predicted octanol–water partition coefficient (Wildman–Crippen LogP) is 4.21. The molecule has 0 saturated carbocycles. The minimum absolute atomic E-state index is 0.189. The second-order valence-corrected chi connectivity index (χ2v) is 5.30. The molecule has 1 aromatic carbocycles. The van der Waals surface area contributed by atoms with Gasteiger partial charge in [-0.1, -0.05) is 32.9 Å². The normalized spacial score (nSPS) is 11.8. The van der Waals surface area contributed by atoms with Gasteiger partial charge in [-0.3, -0.25) is 0 Å². The van der Waals surface area contributed by atoms with E-state index in [-0.39, 0.29) is 5.54 Å². The lowest BCUT2D eigenvalue weighted by molar-refractivity contribution is 0.286. The summed E-state index contributed by atoms with van der Waals surface area (Å²) in [7, 11) is 0. The van der Waals surface area contributed by atoms with Crippen molar-refractivity contribution < 1.29 is 5.11 Å². The molecule has 0 fully saturated rings. The van der Waals surface area contributed by atoms with Crippen molar-refractivity contribution in [1.29, 1.82) is 0 Å². The molecule has 0 aliphatic rings. The van der Waals surface area contributed by atoms with Crippen molar-refractivity contribution in [2.75, 3.05) is 0 Å². The Balaban J connectivity index is 2.75. The molecule has 0 atom stereocenters. The molecule has 0 aromatic heterocycles. The molecule has 1 aromatic rings. The molecule has 0 heterocycles. The first kappa shape index (κ1) is 14.5. The molecule has 0 saturated heterocycles. The molecule has 0 bridgehead atoms. The fourth-order valence-electron chi connectivity index (χ4n) is 2.11. The third-order valence-corrected chi connectivity index (χ3v) is 4.39. The Hall–Kier alpha value is -0.540. The Morgan fingerprint density at radius 2 is 1.76 bits per heavy atom. The van der Waals surface area contributed by atoms with E-state index in [1.165, 1.54) is 0 Å². The highest BCUT2D eigenvalue weighted by Gasteiger charge is 2.23. The Morgan fingerprint density at radius 3 is 2.29 bits per heavy atom. The minimum atomic E-state index is 0.189. The molecule has 0 unspecified atom stereocenters. The Bertz CT molecular complexity index is 353. The number of phenolic OH excluding ortho intramolecular Hbond substituents is 1. The molecule has 0 amide bonds. The van der Waals surface area contributed by atoms with Gasteiger partial charge in [-0.05, 0) is 41.3 Å². The quantitative estimate of drug-likeness (QED) is 0.824. The summed E-state index contributed by atoms with van der Waals surface area (Å²) in [5.74, 6) is 0.345. The third-order valence-electron chi connectivity index (χ3n) is 3.75. The molecule has 2 N–H and O–H groups in total. The van der Waals surface area contributed by atoms with Crippen molar-refractivity contribution in [2.45, 2.75) is 52.1 Å². The lowest BCUT2D eigenvalue weighted by Gasteiger charge is -2.32. The van der Waals surface area contributed by atoms with Gasteiger partial charge in [-0.25, -0.2) is 0 Å². The van der Waals surface area contributed by atoms with Gasteiger partial charge in [0.25, 0.3) is 0 Å². The largest absolute Gasteiger partial charge is 0.506 e. The second-order valence-electron chi connectivity index (χ2n) is 4.44. The smallest absolute Gasteiger partial charge is 0.134 e. The highest BCUT2D eigenvalue weighted by atomic mass is 79.9. The molecular weight excluding hydrogens is 278 g/mol. The first-order valence-corrected chi connectivity index (χ1v) is 7.09. The van der Waals surface area contributed by atoms with E-state index in [1.54, 1.807) is 0 Å². The highest BCUT2D eigenvalue weighted by molar-refractivity contribution is 9.10. The summed E-state index contributed by atoms with van der Waals surface area (Å²) < 4.78 is 0.756. The first-order valence-electron chi connectivity index (χ1n) is 6.30. The fourth-order valence-corrected chi connectivity index (χ4v) is 2.52. The number of halogens is 1. The van der Waals surface area contributed by atoms with Gasteiger partial charge >= 0.3 is 0 Å². The topological polar surface area (TPSA) is 32.3 Å². The Morgan fingerprint density at radius 1 is 1.18 bits per heavy atom. The number of benzene rings is 1. The van der Waals surface area contributed by atoms with Crippen LogP contribution < -0.4 is 5.32 Å². The standard InChI is InChI=1S/C14H22BrNO/c1-4-14(5-2,6-3)16-10-11-8-7-9-12(15)13(11)17/h7-9,16-17H,4-6,10H2,1-3H3. The SMILES string of the molecule is CCC(CC)(CC)NCc1cccc(Br)c1O. The number of hydrogen-bond acceptors (Lipinski definition) is 2. The first-order chi connectivity index (χ1) is 8.08. The van der Waals surface area contributed by atoms with E-state index in [1.807, 2.05) is 18.2 Å². The zero-order chi connectivity index (χ0) is 12.9. The molecule has 0 aliphatic heterocycles. The maximum Gasteiger partial charge on any atom is 0.134 e. The molecule has 1 rings (SSSR count). The van der Waals surface area contributed by atoms with Gasteiger partial charge in [0.2, 0.25) is 0 Å². The van der Waals surface area contributed by atoms with Crippen LogP contribution in [0.3, 0.4) is 0 Å². The monoisotopic (exact) mass is 299 g/mol. The van der Waals surface area contributed by atoms with Gasteiger partial charge in [0.1, 0.15) is 5.75 Å². The van der Waals surface area contributed by atoms with Gasteiger partial charge < -0.3 is 10.4 Å². The molecule has 17 heavy (non-hydrogen) atoms. The van der Waals surface area contributed by atoms with Crippen molar-refractivity contribution in [2.24, 2.45) is 0 Å². The van der Waals surface area contributed by atoms with Crippen LogP contribution in [0.4, 0.5) is 0 Å². The molecule has 3 heteroatoms. The second kappa shape index (κ2) is 6.41. The van der Waals surface area contributed by atoms with Crippen LogP contribution in [-0.2, 0) is 6.54 Å². The predicted molar refractivity (Wildman–Crippen MR) is 76.3 cm³/mol. The van der Waals surface area contributed by atoms with Gasteiger partial charge in [0.05, 0.1) is 4.47 Å². The van der Waals surface area contributed by atoms with Crippen LogP contribution in [0, 0.1) is 0 Å². The third kappa shape index (κ3) is 3.46. The van der Waals surface area contributed by atoms with Gasteiger partial charge in [-0.15, -0.1) is 0 Å². The summed E-state index contributed by atoms with van der Waals surface area (Å²) in [5.41, 5.74) is 1.13. The van der Waals surface area contributed by atoms with Crippen LogP contribution in [0.2, 0.25) is 0 Å². The molecular formula is C14H22BrNO. The summed E-state index contributed by atoms with van der Waals surface area (Å²) in [6, 6.07) is 5.76. The van der Waals surface area contributed by atoms with Gasteiger partial charge in [-0.2, -0.15) is 0 Å². The summed E-state index contributed by atoms with van der Waals surface area (Å²) in [5, 5.41) is 13.5. The minimum Gasteiger partial charge on any atom is -0.506 e. The van der Waals surface area contributed by atoms with Crippen molar-refractivity contribution in [3.63, 3.8) is 0 Å². The lowest BCUT2D eigenvalue weighted by atomic mass is 9.89. The van der Waals surface area contributed by atoms with Gasteiger partial charge in [0.15, 0.2) is 0 Å². The van der Waals surface area contributed by atoms with Crippen LogP contribution in [0.5, 0.6) is 5.75 Å². The maximum absolute atomic E-state index is 9.93. The summed E-state index contributed by atoms with van der Waals surface area (Å²) >= 11 is 3.34. The number of hydrogen-bond donors (Lipinski definition) is 2. The molecule has 0 radical (unpaired) electrons. The van der Waals surface area contributed by atoms with Crippen LogP contribution in [0.1, 0.15) is 45.6 Å². The van der Waals surface area contributed by atoms with E-state index in [9.17, 15) is 5.11 Å². The van der Waals surface area contributed by atoms with Crippen LogP contribution >= 0.6 is 15.9 Å². The molecule has 96 valence electrons. The van der Waals surface area contributed by atoms with Crippen molar-refractivity contribution in [1.82, 2.24) is 5.32 Å². The van der Waals surface area contributed by atoms with Crippen LogP contribution in [0.15, 0.2) is 22.7 Å². The highest BCUT2D eigenvalue weighted by Crippen LogP contribution is 2.28. The molecule has 0 aliphatic carbocycles. The number of para-hydroxylation sites is 1. The van der Waals surface area contributed by atoms with Crippen molar-refractivity contribution in [3.05, 3.63) is 28.2 Å². The van der Waals surface area contributed by atoms with Crippen molar-refractivity contribution >= 4 is 15.9 Å². The van der Waals surface area contributed by atoms with Crippen LogP contribution in [-0.4, -0.2) is 10.6 Å². The average Bonchev–Trinajstić information content (AvgIpc) is 2.36. The molecule has 2 nitrogen and oxygen atoms in total. The average molecular weight is 300 g/mol. The summed E-state index contributed by atoms with van der Waals surface area (Å²) in [6.07, 6.45) is 3.32. The van der Waals surface area contributed by atoms with E-state index >= 15 is 0 Å². The van der Waals surface area contributed by atoms with E-state index in [0.29, 0.717) is 12.3 Å². The van der Waals surface area contributed by atoms with E-state index < -0.39 is 0 Å². The maximum atomic E-state index is 9.93. The number of rotatable bonds is 6. The fraction of sp³-hybridized carbons (Fsp3) is 0.571. The van der Waals surface area contributed by atoms with Crippen LogP contribution in [0.25, 0.3) is 0 Å². The summed E-state index contributed by atoms with van der Waals surface area (Å²) in [6.45, 7) is 7.34. The summed E-state index contributed by atoms with van der Waals surface area (Å²) in [4.78, 5) is 0. The number of phenols is 1. The van der Waals surface area contributed by atoms with Crippen molar-refractivity contribution in [3.8, 4) is 5.75 Å². The van der Waals surface area contributed by atoms with Gasteiger partial charge in [0, 0.05) is 17.6 Å². The number of nitrogens with one attached hydrogen (secondary N) is 1. The Kier molecular flexibility index (Phi) is 5.47. The zero-order valence-corrected chi connectivity index (χ0v) is 12.5. The van der Waals surface area contributed by atoms with E-state index in [4.69, 9.17) is 0 Å². The van der Waals surface area contributed by atoms with E-state index in [2.05, 4.69) is 42.0 Å². The Labute approximate surface area is 113 Å². The lowest BCUT2D eigenvalue weighted by Crippen LogP contribution is -2.43. The molecule has 0 spiro atoms.